The van der Waals surface area contributed by atoms with Gasteiger partial charge in [0.1, 0.15) is 6.10 Å². The molecule has 0 aliphatic heterocycles. The third-order valence-electron chi connectivity index (χ3n) is 2.09. The van der Waals surface area contributed by atoms with Crippen LogP contribution in [-0.4, -0.2) is 27.2 Å². The Hall–Kier alpha value is -1.25. The van der Waals surface area contributed by atoms with Gasteiger partial charge in [0, 0.05) is 18.8 Å². The normalized spacial score (nSPS) is 15.4. The first kappa shape index (κ1) is 13.8. The molecule has 0 fully saturated rings. The molecule has 17 heavy (non-hydrogen) atoms. The number of alkyl halides is 6. The Morgan fingerprint density at radius 1 is 1.18 bits per heavy atom. The fraction of sp³-hybridized carbons (Fsp3) is 0.625. The largest absolute Gasteiger partial charge is 0.403 e. The predicted molar refractivity (Wildman–Crippen MR) is 43.8 cm³/mol. The summed E-state index contributed by atoms with van der Waals surface area (Å²) in [5.74, 6) is -3.82. The highest BCUT2D eigenvalue weighted by molar-refractivity contribution is 5.10. The van der Waals surface area contributed by atoms with Crippen molar-refractivity contribution < 1.29 is 31.4 Å². The summed E-state index contributed by atoms with van der Waals surface area (Å²) in [6, 6.07) is 0. The minimum atomic E-state index is -5.58. The minimum absolute atomic E-state index is 0.535. The quantitative estimate of drug-likeness (QED) is 0.830. The number of halogens is 6. The van der Waals surface area contributed by atoms with Gasteiger partial charge in [-0.05, 0) is 0 Å². The molecular weight excluding hydrogens is 254 g/mol. The molecule has 0 saturated heterocycles. The van der Waals surface area contributed by atoms with Gasteiger partial charge in [-0.3, -0.25) is 4.68 Å². The Bertz CT molecular complexity index is 368. The number of hydrogen-bond acceptors (Lipinski definition) is 2. The molecule has 0 radical (unpaired) electrons. The molecule has 1 rings (SSSR count). The van der Waals surface area contributed by atoms with Crippen molar-refractivity contribution in [2.24, 2.45) is 13.0 Å². The zero-order valence-electron chi connectivity index (χ0n) is 8.42. The van der Waals surface area contributed by atoms with E-state index in [4.69, 9.17) is 0 Å². The summed E-state index contributed by atoms with van der Waals surface area (Å²) in [6.07, 6.45) is -12.2. The number of nitrogens with zero attached hydrogens (tertiary/aromatic N) is 2. The number of rotatable bonds is 2. The van der Waals surface area contributed by atoms with E-state index in [9.17, 15) is 31.4 Å². The van der Waals surface area contributed by atoms with E-state index in [0.717, 1.165) is 17.1 Å². The molecule has 3 nitrogen and oxygen atoms in total. The van der Waals surface area contributed by atoms with Gasteiger partial charge < -0.3 is 5.11 Å². The number of aryl methyl sites for hydroxylation is 1. The lowest BCUT2D eigenvalue weighted by Gasteiger charge is -2.26. The summed E-state index contributed by atoms with van der Waals surface area (Å²) < 4.78 is 74.5. The third kappa shape index (κ3) is 3.11. The van der Waals surface area contributed by atoms with Crippen LogP contribution in [0.15, 0.2) is 12.4 Å². The fourth-order valence-corrected chi connectivity index (χ4v) is 1.33. The summed E-state index contributed by atoms with van der Waals surface area (Å²) in [5, 5.41) is 12.6. The summed E-state index contributed by atoms with van der Waals surface area (Å²) in [5.41, 5.74) is -0.535. The highest BCUT2D eigenvalue weighted by Gasteiger charge is 2.60. The average molecular weight is 262 g/mol. The Kier molecular flexibility index (Phi) is 3.42. The third-order valence-corrected chi connectivity index (χ3v) is 2.09. The van der Waals surface area contributed by atoms with Gasteiger partial charge in [-0.1, -0.05) is 0 Å². The zero-order chi connectivity index (χ0) is 13.4. The van der Waals surface area contributed by atoms with Crippen LogP contribution in [-0.2, 0) is 7.05 Å². The molecule has 0 saturated carbocycles. The van der Waals surface area contributed by atoms with Crippen molar-refractivity contribution >= 4 is 0 Å². The lowest BCUT2D eigenvalue weighted by Crippen LogP contribution is -2.40. The van der Waals surface area contributed by atoms with Crippen LogP contribution in [0.5, 0.6) is 0 Å². The Labute approximate surface area is 91.7 Å². The number of aromatic nitrogens is 2. The number of aliphatic hydroxyl groups excluding tert-OH is 1. The van der Waals surface area contributed by atoms with Crippen molar-refractivity contribution in [2.75, 3.05) is 0 Å². The molecule has 0 aliphatic carbocycles. The number of aliphatic hydroxyl groups is 1. The molecule has 0 aromatic carbocycles. The summed E-state index contributed by atoms with van der Waals surface area (Å²) >= 11 is 0. The van der Waals surface area contributed by atoms with Crippen LogP contribution in [0.3, 0.4) is 0 Å². The van der Waals surface area contributed by atoms with E-state index in [1.165, 1.54) is 7.05 Å². The van der Waals surface area contributed by atoms with Crippen molar-refractivity contribution in [2.45, 2.75) is 18.5 Å². The molecule has 0 bridgehead atoms. The van der Waals surface area contributed by atoms with Crippen LogP contribution < -0.4 is 0 Å². The lowest BCUT2D eigenvalue weighted by atomic mass is 9.97. The summed E-state index contributed by atoms with van der Waals surface area (Å²) in [6.45, 7) is 0. The second-order valence-corrected chi connectivity index (χ2v) is 3.45. The molecule has 0 spiro atoms. The Balaban J connectivity index is 3.08. The molecule has 1 heterocycles. The lowest BCUT2D eigenvalue weighted by molar-refractivity contribution is -0.307. The van der Waals surface area contributed by atoms with E-state index in [0.29, 0.717) is 0 Å². The molecule has 98 valence electrons. The van der Waals surface area contributed by atoms with Gasteiger partial charge in [0.15, 0.2) is 5.92 Å². The summed E-state index contributed by atoms with van der Waals surface area (Å²) in [7, 11) is 1.31. The molecule has 1 aromatic heterocycles. The molecule has 1 N–H and O–H groups in total. The first-order valence-electron chi connectivity index (χ1n) is 4.33. The Morgan fingerprint density at radius 3 is 1.94 bits per heavy atom. The number of hydrogen-bond donors (Lipinski definition) is 1. The smallest absolute Gasteiger partial charge is 0.387 e. The molecule has 0 aliphatic rings. The first-order chi connectivity index (χ1) is 7.53. The van der Waals surface area contributed by atoms with E-state index in [1.54, 1.807) is 0 Å². The van der Waals surface area contributed by atoms with Crippen LogP contribution in [0.1, 0.15) is 11.7 Å². The van der Waals surface area contributed by atoms with Gasteiger partial charge >= 0.3 is 12.4 Å². The van der Waals surface area contributed by atoms with E-state index in [1.807, 2.05) is 0 Å². The molecule has 0 amide bonds. The highest BCUT2D eigenvalue weighted by atomic mass is 19.4. The fourth-order valence-electron chi connectivity index (χ4n) is 1.33. The van der Waals surface area contributed by atoms with Gasteiger partial charge in [-0.2, -0.15) is 31.4 Å². The van der Waals surface area contributed by atoms with Crippen molar-refractivity contribution in [1.29, 1.82) is 0 Å². The summed E-state index contributed by atoms with van der Waals surface area (Å²) in [4.78, 5) is 0. The maximum Gasteiger partial charge on any atom is 0.403 e. The standard InChI is InChI=1S/C8H8F6N2O/c1-16-3-4(2-15-16)5(17)6(7(9,10)11)8(12,13)14/h2-3,5-6,17H,1H3. The SMILES string of the molecule is Cn1cc(C(O)C(C(F)(F)F)C(F)(F)F)cn1. The second-order valence-electron chi connectivity index (χ2n) is 3.45. The molecular formula is C8H8F6N2O. The molecule has 1 atom stereocenters. The topological polar surface area (TPSA) is 38.0 Å². The minimum Gasteiger partial charge on any atom is -0.387 e. The maximum absolute atomic E-state index is 12.3. The highest BCUT2D eigenvalue weighted by Crippen LogP contribution is 2.46. The zero-order valence-corrected chi connectivity index (χ0v) is 8.42. The van der Waals surface area contributed by atoms with Crippen molar-refractivity contribution in [1.82, 2.24) is 9.78 Å². The van der Waals surface area contributed by atoms with Crippen LogP contribution in [0, 0.1) is 5.92 Å². The average Bonchev–Trinajstić information content (AvgIpc) is 2.45. The Morgan fingerprint density at radius 2 is 1.65 bits per heavy atom. The van der Waals surface area contributed by atoms with Crippen LogP contribution in [0.4, 0.5) is 26.3 Å². The van der Waals surface area contributed by atoms with E-state index in [-0.39, 0.29) is 0 Å². The van der Waals surface area contributed by atoms with Crippen molar-refractivity contribution in [3.05, 3.63) is 18.0 Å². The van der Waals surface area contributed by atoms with Gasteiger partial charge in [0.25, 0.3) is 0 Å². The van der Waals surface area contributed by atoms with Crippen molar-refractivity contribution in [3.63, 3.8) is 0 Å². The van der Waals surface area contributed by atoms with Crippen LogP contribution in [0.2, 0.25) is 0 Å². The molecule has 9 heteroatoms. The van der Waals surface area contributed by atoms with Crippen LogP contribution in [0.25, 0.3) is 0 Å². The van der Waals surface area contributed by atoms with E-state index >= 15 is 0 Å². The van der Waals surface area contributed by atoms with Crippen LogP contribution >= 0.6 is 0 Å². The van der Waals surface area contributed by atoms with Gasteiger partial charge in [0.2, 0.25) is 0 Å². The van der Waals surface area contributed by atoms with Crippen molar-refractivity contribution in [3.8, 4) is 0 Å². The second kappa shape index (κ2) is 4.21. The molecule has 1 unspecified atom stereocenters. The van der Waals surface area contributed by atoms with E-state index < -0.39 is 29.9 Å². The maximum atomic E-state index is 12.3. The van der Waals surface area contributed by atoms with Gasteiger partial charge in [-0.15, -0.1) is 0 Å². The first-order valence-corrected chi connectivity index (χ1v) is 4.33. The predicted octanol–water partition coefficient (Wildman–Crippen LogP) is 2.19. The molecule has 1 aromatic rings. The van der Waals surface area contributed by atoms with Gasteiger partial charge in [0.05, 0.1) is 6.20 Å². The monoisotopic (exact) mass is 262 g/mol. The van der Waals surface area contributed by atoms with Gasteiger partial charge in [-0.25, -0.2) is 0 Å². The van der Waals surface area contributed by atoms with E-state index in [2.05, 4.69) is 5.10 Å².